The molecular weight excluding hydrogens is 600 g/mol. The molecule has 1 N–H and O–H groups in total. The topological polar surface area (TPSA) is 76.1 Å². The van der Waals surface area contributed by atoms with Crippen molar-refractivity contribution >= 4 is 89.6 Å². The zero-order valence-corrected chi connectivity index (χ0v) is 22.5. The second kappa shape index (κ2) is 10.0. The second-order valence-electron chi connectivity index (χ2n) is 7.33. The molecule has 0 saturated carbocycles. The Morgan fingerprint density at radius 1 is 1.03 bits per heavy atom. The van der Waals surface area contributed by atoms with Gasteiger partial charge in [-0.15, -0.1) is 11.3 Å². The molecule has 1 heterocycles. The Balaban J connectivity index is 1.67. The van der Waals surface area contributed by atoms with E-state index < -0.39 is 37.5 Å². The van der Waals surface area contributed by atoms with Gasteiger partial charge in [0.15, 0.2) is 10.1 Å². The van der Waals surface area contributed by atoms with Crippen molar-refractivity contribution in [3.63, 3.8) is 0 Å². The molecular formula is C22H12Cl3F3N2O3S3. The number of Topliss-reactive ketones (excluding diaryl/α,β-unsaturated/α-hetero) is 1. The highest BCUT2D eigenvalue weighted by Gasteiger charge is 2.32. The lowest BCUT2D eigenvalue weighted by molar-refractivity contribution is -0.137. The Labute approximate surface area is 226 Å². The zero-order chi connectivity index (χ0) is 26.4. The van der Waals surface area contributed by atoms with Gasteiger partial charge in [-0.05, 0) is 55.5 Å². The summed E-state index contributed by atoms with van der Waals surface area (Å²) < 4.78 is 68.1. The van der Waals surface area contributed by atoms with Crippen LogP contribution in [0, 0.1) is 0 Å². The van der Waals surface area contributed by atoms with E-state index in [4.69, 9.17) is 34.8 Å². The minimum absolute atomic E-state index is 0.0680. The lowest BCUT2D eigenvalue weighted by Crippen LogP contribution is -2.15. The normalized spacial score (nSPS) is 12.2. The first-order valence-corrected chi connectivity index (χ1v) is 14.0. The first-order valence-electron chi connectivity index (χ1n) is 9.72. The molecule has 0 aliphatic heterocycles. The van der Waals surface area contributed by atoms with Crippen molar-refractivity contribution in [2.45, 2.75) is 27.2 Å². The van der Waals surface area contributed by atoms with Crippen LogP contribution in [0.1, 0.15) is 22.8 Å². The minimum Gasteiger partial charge on any atom is -0.294 e. The molecule has 14 heteroatoms. The van der Waals surface area contributed by atoms with Gasteiger partial charge >= 0.3 is 6.18 Å². The maximum absolute atomic E-state index is 12.9. The van der Waals surface area contributed by atoms with E-state index in [1.54, 1.807) is 12.1 Å². The first-order chi connectivity index (χ1) is 16.7. The summed E-state index contributed by atoms with van der Waals surface area (Å²) in [4.78, 5) is 16.7. The fourth-order valence-corrected chi connectivity index (χ4v) is 7.37. The van der Waals surface area contributed by atoms with Crippen molar-refractivity contribution < 1.29 is 26.4 Å². The number of alkyl halides is 3. The molecule has 0 spiro atoms. The van der Waals surface area contributed by atoms with Crippen molar-refractivity contribution in [2.24, 2.45) is 0 Å². The fourth-order valence-electron chi connectivity index (χ4n) is 3.13. The smallest absolute Gasteiger partial charge is 0.294 e. The minimum atomic E-state index is -4.69. The molecule has 4 aromatic rings. The van der Waals surface area contributed by atoms with Crippen LogP contribution in [0.15, 0.2) is 62.7 Å². The number of halogens is 6. The van der Waals surface area contributed by atoms with Gasteiger partial charge in [0.25, 0.3) is 10.0 Å². The number of sulfonamides is 1. The second-order valence-corrected chi connectivity index (χ2v) is 12.5. The van der Waals surface area contributed by atoms with Crippen LogP contribution >= 0.6 is 57.9 Å². The molecule has 188 valence electrons. The molecule has 0 saturated heterocycles. The van der Waals surface area contributed by atoms with Gasteiger partial charge in [0.05, 0.1) is 31.5 Å². The quantitative estimate of drug-likeness (QED) is 0.222. The molecule has 4 rings (SSSR count). The number of carbonyl (C=O) groups excluding carboxylic acids is 1. The van der Waals surface area contributed by atoms with Gasteiger partial charge in [-0.1, -0.05) is 46.6 Å². The number of thiazole rings is 1. The van der Waals surface area contributed by atoms with Crippen LogP contribution in [0.25, 0.3) is 10.2 Å². The SMILES string of the molecule is CC(=O)c1cc(NS(=O)(=O)c2ccc(C(F)(F)F)cc2Cl)cc(Cl)c1Sc1nc2cc(Cl)ccc2s1. The van der Waals surface area contributed by atoms with Gasteiger partial charge in [-0.25, -0.2) is 13.4 Å². The number of rotatable bonds is 6. The number of hydrogen-bond donors (Lipinski definition) is 1. The highest BCUT2D eigenvalue weighted by Crippen LogP contribution is 2.42. The number of nitrogens with zero attached hydrogens (tertiary/aromatic N) is 1. The highest BCUT2D eigenvalue weighted by molar-refractivity contribution is 8.01. The number of aromatic nitrogens is 1. The van der Waals surface area contributed by atoms with Crippen LogP contribution in [0.3, 0.4) is 0 Å². The van der Waals surface area contributed by atoms with Gasteiger partial charge in [-0.2, -0.15) is 13.2 Å². The molecule has 0 atom stereocenters. The summed E-state index contributed by atoms with van der Waals surface area (Å²) in [6.07, 6.45) is -4.69. The highest BCUT2D eigenvalue weighted by atomic mass is 35.5. The van der Waals surface area contributed by atoms with Crippen molar-refractivity contribution in [3.8, 4) is 0 Å². The number of benzene rings is 3. The molecule has 0 amide bonds. The van der Waals surface area contributed by atoms with E-state index in [0.717, 1.165) is 22.5 Å². The molecule has 0 aliphatic carbocycles. The molecule has 0 unspecified atom stereocenters. The van der Waals surface area contributed by atoms with E-state index in [-0.39, 0.29) is 16.3 Å². The average molecular weight is 612 g/mol. The van der Waals surface area contributed by atoms with Crippen LogP contribution in [-0.2, 0) is 16.2 Å². The molecule has 0 aliphatic rings. The summed E-state index contributed by atoms with van der Waals surface area (Å²) in [5, 5.41) is -0.0175. The number of anilines is 1. The first kappa shape index (κ1) is 27.0. The maximum atomic E-state index is 12.9. The summed E-state index contributed by atoms with van der Waals surface area (Å²) in [5.74, 6) is -0.392. The van der Waals surface area contributed by atoms with Gasteiger partial charge in [-0.3, -0.25) is 9.52 Å². The third kappa shape index (κ3) is 5.76. The van der Waals surface area contributed by atoms with Crippen LogP contribution in [0.4, 0.5) is 18.9 Å². The molecule has 36 heavy (non-hydrogen) atoms. The molecule has 3 aromatic carbocycles. The van der Waals surface area contributed by atoms with Crippen molar-refractivity contribution in [2.75, 3.05) is 4.72 Å². The molecule has 1 aromatic heterocycles. The molecule has 0 radical (unpaired) electrons. The monoisotopic (exact) mass is 610 g/mol. The van der Waals surface area contributed by atoms with Crippen LogP contribution in [-0.4, -0.2) is 19.2 Å². The van der Waals surface area contributed by atoms with Crippen LogP contribution in [0.2, 0.25) is 15.1 Å². The summed E-state index contributed by atoms with van der Waals surface area (Å²) in [6.45, 7) is 1.29. The van der Waals surface area contributed by atoms with E-state index in [1.165, 1.54) is 30.4 Å². The zero-order valence-electron chi connectivity index (χ0n) is 17.8. The standard InChI is InChI=1S/C22H12Cl3F3N2O3S3/c1-10(31)14-8-13(30-36(32,33)19-5-2-11(6-15(19)24)22(26,27)28)9-16(25)20(14)35-21-29-17-7-12(23)3-4-18(17)34-21/h2-9,30H,1H3. The summed E-state index contributed by atoms with van der Waals surface area (Å²) in [6, 6.07) is 9.71. The number of hydrogen-bond acceptors (Lipinski definition) is 6. The van der Waals surface area contributed by atoms with Gasteiger partial charge in [0, 0.05) is 15.5 Å². The Bertz CT molecular complexity index is 1620. The van der Waals surface area contributed by atoms with Gasteiger partial charge < -0.3 is 0 Å². The number of ketones is 1. The van der Waals surface area contributed by atoms with Crippen molar-refractivity contribution in [3.05, 3.63) is 74.7 Å². The van der Waals surface area contributed by atoms with Gasteiger partial charge in [0.2, 0.25) is 0 Å². The van der Waals surface area contributed by atoms with Crippen molar-refractivity contribution in [1.82, 2.24) is 4.98 Å². The van der Waals surface area contributed by atoms with E-state index in [1.807, 2.05) is 6.07 Å². The van der Waals surface area contributed by atoms with E-state index >= 15 is 0 Å². The number of fused-ring (bicyclic) bond motifs is 1. The summed E-state index contributed by atoms with van der Waals surface area (Å²) >= 11 is 20.8. The van der Waals surface area contributed by atoms with Crippen LogP contribution in [0.5, 0.6) is 0 Å². The predicted molar refractivity (Wildman–Crippen MR) is 137 cm³/mol. The lowest BCUT2D eigenvalue weighted by atomic mass is 10.1. The predicted octanol–water partition coefficient (Wildman–Crippen LogP) is 8.43. The Morgan fingerprint density at radius 3 is 2.39 bits per heavy atom. The maximum Gasteiger partial charge on any atom is 0.416 e. The van der Waals surface area contributed by atoms with Gasteiger partial charge in [0.1, 0.15) is 4.90 Å². The number of carbonyl (C=O) groups is 1. The summed E-state index contributed by atoms with van der Waals surface area (Å²) in [5.41, 5.74) is -0.359. The average Bonchev–Trinajstić information content (AvgIpc) is 3.15. The Hall–Kier alpha value is -2.02. The summed E-state index contributed by atoms with van der Waals surface area (Å²) in [7, 11) is -4.41. The fraction of sp³-hybridized carbons (Fsp3) is 0.0909. The third-order valence-corrected chi connectivity index (χ3v) is 9.49. The molecule has 0 bridgehead atoms. The van der Waals surface area contributed by atoms with Crippen molar-refractivity contribution in [1.29, 1.82) is 0 Å². The number of nitrogens with one attached hydrogen (secondary N) is 1. The molecule has 0 fully saturated rings. The lowest BCUT2D eigenvalue weighted by Gasteiger charge is -2.14. The Kier molecular flexibility index (Phi) is 7.53. The molecule has 5 nitrogen and oxygen atoms in total. The van der Waals surface area contributed by atoms with Crippen LogP contribution < -0.4 is 4.72 Å². The largest absolute Gasteiger partial charge is 0.416 e. The third-order valence-electron chi connectivity index (χ3n) is 4.74. The van der Waals surface area contributed by atoms with E-state index in [2.05, 4.69) is 9.71 Å². The van der Waals surface area contributed by atoms with E-state index in [0.29, 0.717) is 31.9 Å². The Morgan fingerprint density at radius 2 is 1.75 bits per heavy atom. The van der Waals surface area contributed by atoms with E-state index in [9.17, 15) is 26.4 Å².